The van der Waals surface area contributed by atoms with Gasteiger partial charge in [0.05, 0.1) is 6.67 Å². The van der Waals surface area contributed by atoms with E-state index in [2.05, 4.69) is 4.74 Å². The zero-order valence-electron chi connectivity index (χ0n) is 17.5. The molecule has 30 heavy (non-hydrogen) atoms. The number of hydrogen-bond acceptors (Lipinski definition) is 1. The summed E-state index contributed by atoms with van der Waals surface area (Å²) in [7, 11) is -0.650. The van der Waals surface area contributed by atoms with Gasteiger partial charge in [-0.1, -0.05) is 37.4 Å². The van der Waals surface area contributed by atoms with Crippen molar-refractivity contribution in [3.05, 3.63) is 29.3 Å². The van der Waals surface area contributed by atoms with Gasteiger partial charge in [-0.25, -0.2) is 17.6 Å². The molecular formula is C23H33F5OSi. The minimum absolute atomic E-state index is 0.112. The van der Waals surface area contributed by atoms with Crippen LogP contribution >= 0.6 is 0 Å². The first-order valence-electron chi connectivity index (χ1n) is 11.4. The minimum atomic E-state index is -2.77. The second-order valence-electron chi connectivity index (χ2n) is 9.09. The number of alkyl halides is 3. The number of benzene rings is 1. The minimum Gasteiger partial charge on any atom is -0.482 e. The van der Waals surface area contributed by atoms with Gasteiger partial charge in [-0.05, 0) is 67.6 Å². The van der Waals surface area contributed by atoms with Crippen molar-refractivity contribution in [1.29, 1.82) is 0 Å². The first-order chi connectivity index (χ1) is 14.5. The Kier molecular flexibility index (Phi) is 9.02. The zero-order valence-corrected chi connectivity index (χ0v) is 18.7. The lowest BCUT2D eigenvalue weighted by atomic mass is 9.72. The highest BCUT2D eigenvalue weighted by atomic mass is 28.3. The van der Waals surface area contributed by atoms with E-state index in [1.807, 2.05) is 0 Å². The zero-order chi connectivity index (χ0) is 21.5. The van der Waals surface area contributed by atoms with Crippen molar-refractivity contribution in [2.75, 3.05) is 13.3 Å². The van der Waals surface area contributed by atoms with Crippen molar-refractivity contribution < 1.29 is 26.7 Å². The quantitative estimate of drug-likeness (QED) is 0.219. The maximum atomic E-state index is 14.2. The molecule has 2 aliphatic rings. The van der Waals surface area contributed by atoms with Gasteiger partial charge in [0.25, 0.3) is 6.43 Å². The number of ether oxygens (including phenoxy) is 1. The molecule has 1 aromatic rings. The highest BCUT2D eigenvalue weighted by molar-refractivity contribution is 6.58. The van der Waals surface area contributed by atoms with Crippen LogP contribution in [-0.4, -0.2) is 28.5 Å². The molecule has 1 aliphatic heterocycles. The monoisotopic (exact) mass is 448 g/mol. The fourth-order valence-electron chi connectivity index (χ4n) is 5.50. The van der Waals surface area contributed by atoms with E-state index in [0.717, 1.165) is 44.4 Å². The smallest absolute Gasteiger partial charge is 0.272 e. The van der Waals surface area contributed by atoms with Gasteiger partial charge in [-0.15, -0.1) is 0 Å². The fourth-order valence-corrected chi connectivity index (χ4v) is 9.03. The standard InChI is InChI=1S/C23H33F5OSi/c24-9-1-2-10-30-11-7-18(8-12-30)16-3-5-17(6-4-16)19-13-20(25)23(21(26)14-19)29-15-22(27)28/h13-14,16-18,22,30H,1-12,15H2/t16-,17-,18?,30?. The van der Waals surface area contributed by atoms with E-state index in [1.54, 1.807) is 0 Å². The molecule has 1 aromatic carbocycles. The molecule has 1 nitrogen and oxygen atoms in total. The van der Waals surface area contributed by atoms with Crippen molar-refractivity contribution >= 4 is 8.80 Å². The van der Waals surface area contributed by atoms with Gasteiger partial charge >= 0.3 is 0 Å². The summed E-state index contributed by atoms with van der Waals surface area (Å²) in [6.07, 6.45) is 5.60. The van der Waals surface area contributed by atoms with E-state index < -0.39 is 39.2 Å². The van der Waals surface area contributed by atoms with Crippen LogP contribution in [0.15, 0.2) is 12.1 Å². The van der Waals surface area contributed by atoms with Crippen LogP contribution < -0.4 is 4.74 Å². The Bertz CT molecular complexity index is 632. The Labute approximate surface area is 178 Å². The van der Waals surface area contributed by atoms with Crippen LogP contribution in [0, 0.1) is 23.5 Å². The Balaban J connectivity index is 1.48. The second kappa shape index (κ2) is 11.5. The first kappa shape index (κ1) is 23.5. The number of unbranched alkanes of at least 4 members (excludes halogenated alkanes) is 1. The van der Waals surface area contributed by atoms with Gasteiger partial charge in [0.1, 0.15) is 6.61 Å². The van der Waals surface area contributed by atoms with Crippen molar-refractivity contribution in [2.45, 2.75) is 81.8 Å². The van der Waals surface area contributed by atoms with Crippen LogP contribution in [0.4, 0.5) is 22.0 Å². The summed E-state index contributed by atoms with van der Waals surface area (Å²) < 4.78 is 69.8. The SMILES string of the molecule is FCCCC[SiH]1CCC([C@H]2CC[C@H](c3cc(F)c(OCC(F)F)c(F)c3)CC2)CC1. The number of halogens is 5. The summed E-state index contributed by atoms with van der Waals surface area (Å²) in [5, 5.41) is 0. The van der Waals surface area contributed by atoms with E-state index in [1.165, 1.54) is 43.1 Å². The van der Waals surface area contributed by atoms with Gasteiger partial charge in [0.2, 0.25) is 0 Å². The van der Waals surface area contributed by atoms with E-state index in [-0.39, 0.29) is 12.6 Å². The number of rotatable bonds is 9. The first-order valence-corrected chi connectivity index (χ1v) is 13.9. The van der Waals surface area contributed by atoms with Crippen LogP contribution in [0.3, 0.4) is 0 Å². The summed E-state index contributed by atoms with van der Waals surface area (Å²) in [5.74, 6) is -0.923. The fraction of sp³-hybridized carbons (Fsp3) is 0.739. The molecule has 0 radical (unpaired) electrons. The third-order valence-electron chi connectivity index (χ3n) is 7.17. The molecule has 2 fully saturated rings. The lowest BCUT2D eigenvalue weighted by molar-refractivity contribution is 0.0777. The van der Waals surface area contributed by atoms with Crippen molar-refractivity contribution in [2.24, 2.45) is 11.8 Å². The number of hydrogen-bond donors (Lipinski definition) is 0. The Morgan fingerprint density at radius 1 is 0.900 bits per heavy atom. The van der Waals surface area contributed by atoms with Gasteiger partial charge in [-0.3, -0.25) is 4.39 Å². The molecule has 0 amide bonds. The summed E-state index contributed by atoms with van der Waals surface area (Å²) in [4.78, 5) is 0. The lowest BCUT2D eigenvalue weighted by Gasteiger charge is -2.37. The lowest BCUT2D eigenvalue weighted by Crippen LogP contribution is -2.28. The summed E-state index contributed by atoms with van der Waals surface area (Å²) in [6, 6.07) is 6.56. The van der Waals surface area contributed by atoms with Crippen LogP contribution in [0.2, 0.25) is 18.1 Å². The van der Waals surface area contributed by atoms with Crippen LogP contribution in [0.1, 0.15) is 62.8 Å². The van der Waals surface area contributed by atoms with E-state index >= 15 is 0 Å². The Hall–Kier alpha value is -1.11. The van der Waals surface area contributed by atoms with Crippen molar-refractivity contribution in [1.82, 2.24) is 0 Å². The molecule has 0 bridgehead atoms. The predicted molar refractivity (Wildman–Crippen MR) is 112 cm³/mol. The summed E-state index contributed by atoms with van der Waals surface area (Å²) >= 11 is 0. The highest BCUT2D eigenvalue weighted by Crippen LogP contribution is 2.44. The molecule has 1 saturated heterocycles. The molecule has 0 N–H and O–H groups in total. The van der Waals surface area contributed by atoms with Gasteiger partial charge < -0.3 is 4.74 Å². The van der Waals surface area contributed by atoms with Crippen LogP contribution in [0.25, 0.3) is 0 Å². The van der Waals surface area contributed by atoms with Gasteiger partial charge in [-0.2, -0.15) is 0 Å². The molecule has 0 spiro atoms. The highest BCUT2D eigenvalue weighted by Gasteiger charge is 2.32. The van der Waals surface area contributed by atoms with Crippen LogP contribution in [-0.2, 0) is 0 Å². The van der Waals surface area contributed by atoms with Crippen molar-refractivity contribution in [3.63, 3.8) is 0 Å². The Morgan fingerprint density at radius 3 is 2.07 bits per heavy atom. The van der Waals surface area contributed by atoms with E-state index in [0.29, 0.717) is 11.5 Å². The van der Waals surface area contributed by atoms with Crippen molar-refractivity contribution in [3.8, 4) is 5.75 Å². The maximum Gasteiger partial charge on any atom is 0.272 e. The van der Waals surface area contributed by atoms with Crippen LogP contribution in [0.5, 0.6) is 5.75 Å². The molecule has 170 valence electrons. The molecule has 7 heteroatoms. The van der Waals surface area contributed by atoms with Gasteiger partial charge in [0.15, 0.2) is 17.4 Å². The van der Waals surface area contributed by atoms with E-state index in [4.69, 9.17) is 0 Å². The molecule has 1 heterocycles. The largest absolute Gasteiger partial charge is 0.482 e. The van der Waals surface area contributed by atoms with E-state index in [9.17, 15) is 22.0 Å². The molecule has 3 rings (SSSR count). The Morgan fingerprint density at radius 2 is 1.50 bits per heavy atom. The topological polar surface area (TPSA) is 9.23 Å². The average Bonchev–Trinajstić information content (AvgIpc) is 2.74. The maximum absolute atomic E-state index is 14.2. The molecule has 0 aromatic heterocycles. The molecule has 0 atom stereocenters. The third kappa shape index (κ3) is 6.44. The molecular weight excluding hydrogens is 415 g/mol. The summed E-state index contributed by atoms with van der Waals surface area (Å²) in [6.45, 7) is -1.20. The summed E-state index contributed by atoms with van der Waals surface area (Å²) in [5.41, 5.74) is 0.608. The third-order valence-corrected chi connectivity index (χ3v) is 10.7. The predicted octanol–water partition coefficient (Wildman–Crippen LogP) is 7.27. The normalized spacial score (nSPS) is 27.4. The average molecular weight is 449 g/mol. The van der Waals surface area contributed by atoms with Gasteiger partial charge in [0, 0.05) is 8.80 Å². The molecule has 0 unspecified atom stereocenters. The molecule has 1 saturated carbocycles. The second-order valence-corrected chi connectivity index (χ2v) is 12.6. The molecule has 1 aliphatic carbocycles.